The highest BCUT2D eigenvalue weighted by atomic mass is 16.5. The van der Waals surface area contributed by atoms with Gasteiger partial charge >= 0.3 is 5.97 Å². The van der Waals surface area contributed by atoms with E-state index in [0.717, 1.165) is 57.8 Å². The van der Waals surface area contributed by atoms with E-state index in [9.17, 15) is 19.8 Å². The summed E-state index contributed by atoms with van der Waals surface area (Å²) >= 11 is 0. The number of nitrogens with one attached hydrogen (secondary N) is 1. The van der Waals surface area contributed by atoms with Gasteiger partial charge in [-0.15, -0.1) is 0 Å². The number of allylic oxidation sites excluding steroid dienone is 12. The molecule has 0 aromatic rings. The Bertz CT molecular complexity index is 1140. The third-order valence-electron chi connectivity index (χ3n) is 11.4. The van der Waals surface area contributed by atoms with Gasteiger partial charge in [0.15, 0.2) is 0 Å². The zero-order chi connectivity index (χ0) is 44.5. The van der Waals surface area contributed by atoms with Gasteiger partial charge in [-0.2, -0.15) is 0 Å². The van der Waals surface area contributed by atoms with E-state index >= 15 is 0 Å². The first-order valence-electron chi connectivity index (χ1n) is 25.7. The highest BCUT2D eigenvalue weighted by Crippen LogP contribution is 2.17. The molecule has 3 atom stereocenters. The van der Waals surface area contributed by atoms with Gasteiger partial charge in [-0.3, -0.25) is 9.59 Å². The van der Waals surface area contributed by atoms with Crippen molar-refractivity contribution in [2.24, 2.45) is 0 Å². The summed E-state index contributed by atoms with van der Waals surface area (Å²) in [6, 6.07) is -0.727. The van der Waals surface area contributed by atoms with E-state index in [1.807, 2.05) is 48.6 Å². The predicted molar refractivity (Wildman–Crippen MR) is 264 cm³/mol. The Morgan fingerprint density at radius 3 is 1.41 bits per heavy atom. The van der Waals surface area contributed by atoms with Crippen molar-refractivity contribution in [3.05, 3.63) is 72.9 Å². The normalized spacial score (nSPS) is 13.9. The molecule has 0 fully saturated rings. The van der Waals surface area contributed by atoms with E-state index in [-0.39, 0.29) is 24.9 Å². The topological polar surface area (TPSA) is 95.9 Å². The van der Waals surface area contributed by atoms with Gasteiger partial charge in [-0.25, -0.2) is 0 Å². The maximum Gasteiger partial charge on any atom is 0.306 e. The summed E-state index contributed by atoms with van der Waals surface area (Å²) in [5.41, 5.74) is 0. The quantitative estimate of drug-likeness (QED) is 0.0245. The number of carbonyl (C=O) groups is 2. The van der Waals surface area contributed by atoms with Gasteiger partial charge in [-0.1, -0.05) is 235 Å². The largest absolute Gasteiger partial charge is 0.462 e. The van der Waals surface area contributed by atoms with Crippen LogP contribution in [-0.4, -0.2) is 46.9 Å². The highest BCUT2D eigenvalue weighted by Gasteiger charge is 2.24. The van der Waals surface area contributed by atoms with Crippen molar-refractivity contribution >= 4 is 11.9 Å². The minimum absolute atomic E-state index is 0.0250. The van der Waals surface area contributed by atoms with Crippen LogP contribution in [0.3, 0.4) is 0 Å². The molecule has 6 heteroatoms. The maximum atomic E-state index is 13.2. The summed E-state index contributed by atoms with van der Waals surface area (Å²) in [5.74, 6) is -0.552. The molecule has 0 aliphatic rings. The molecule has 3 unspecified atom stereocenters. The Kier molecular flexibility index (Phi) is 46.2. The van der Waals surface area contributed by atoms with Crippen LogP contribution in [0.2, 0.25) is 0 Å². The lowest BCUT2D eigenvalue weighted by molar-refractivity contribution is -0.151. The minimum atomic E-state index is -0.809. The van der Waals surface area contributed by atoms with Crippen LogP contribution in [0.15, 0.2) is 72.9 Å². The zero-order valence-corrected chi connectivity index (χ0v) is 40.0. The summed E-state index contributed by atoms with van der Waals surface area (Å²) in [6.45, 7) is 6.31. The number of ether oxygens (including phenoxy) is 1. The monoisotopic (exact) mass is 852 g/mol. The molecule has 0 bridgehead atoms. The molecule has 0 rings (SSSR count). The molecule has 1 amide bonds. The smallest absolute Gasteiger partial charge is 0.306 e. The Labute approximate surface area is 377 Å². The van der Waals surface area contributed by atoms with Crippen LogP contribution < -0.4 is 5.32 Å². The van der Waals surface area contributed by atoms with Crippen molar-refractivity contribution in [3.63, 3.8) is 0 Å². The van der Waals surface area contributed by atoms with Crippen LogP contribution in [-0.2, 0) is 14.3 Å². The van der Waals surface area contributed by atoms with Crippen molar-refractivity contribution in [2.45, 2.75) is 257 Å². The van der Waals surface area contributed by atoms with Gasteiger partial charge in [0.2, 0.25) is 5.91 Å². The third-order valence-corrected chi connectivity index (χ3v) is 11.4. The zero-order valence-electron chi connectivity index (χ0n) is 40.0. The number of rotatable bonds is 45. The van der Waals surface area contributed by atoms with Gasteiger partial charge in [-0.05, 0) is 64.2 Å². The van der Waals surface area contributed by atoms with Crippen molar-refractivity contribution in [1.82, 2.24) is 5.32 Å². The molecule has 6 nitrogen and oxygen atoms in total. The Balaban J connectivity index is 4.66. The fourth-order valence-electron chi connectivity index (χ4n) is 7.51. The summed E-state index contributed by atoms with van der Waals surface area (Å²) < 4.78 is 5.89. The summed E-state index contributed by atoms with van der Waals surface area (Å²) in [6.07, 6.45) is 61.1. The lowest BCUT2D eigenvalue weighted by Crippen LogP contribution is -2.46. The van der Waals surface area contributed by atoms with Crippen LogP contribution in [0.4, 0.5) is 0 Å². The van der Waals surface area contributed by atoms with E-state index in [0.29, 0.717) is 19.3 Å². The van der Waals surface area contributed by atoms with Crippen molar-refractivity contribution < 1.29 is 24.5 Å². The predicted octanol–water partition coefficient (Wildman–Crippen LogP) is 15.4. The standard InChI is InChI=1S/C55H97NO5/c1-4-7-10-13-16-19-22-25-26-27-28-30-33-36-39-42-45-48-55(60)61-51(46-43-40-37-34-31-29-23-20-17-14-11-8-5-2)49-54(59)56-52(50-57)53(58)47-44-41-38-35-32-24-21-18-15-12-9-6-3/h8,11,14,17,20,23,25-26,29,31,34,37,51-53,57-58H,4-7,9-10,12-13,15-16,18-19,21-22,24,27-28,30,32-33,35-36,38-50H2,1-3H3,(H,56,59)/b11-8+,17-14+,23-20-,26-25+,31-29-,37-34+. The van der Waals surface area contributed by atoms with E-state index in [1.165, 1.54) is 135 Å². The molecule has 0 saturated carbocycles. The molecule has 0 saturated heterocycles. The van der Waals surface area contributed by atoms with Gasteiger partial charge in [0.1, 0.15) is 6.10 Å². The van der Waals surface area contributed by atoms with Crippen molar-refractivity contribution in [1.29, 1.82) is 0 Å². The molecule has 0 aliphatic heterocycles. The summed E-state index contributed by atoms with van der Waals surface area (Å²) in [5, 5.41) is 23.7. The lowest BCUT2D eigenvalue weighted by atomic mass is 10.0. The molecule has 0 radical (unpaired) electrons. The second-order valence-corrected chi connectivity index (χ2v) is 17.3. The SMILES string of the molecule is CC/C=C/C=C/C=C\C=C/C=C/CCCC(CC(=O)NC(CO)C(O)CCCCCCCCCCCCCC)OC(=O)CCCCCCCCC/C=C/CCCCCCCC. The Hall–Kier alpha value is -2.70. The van der Waals surface area contributed by atoms with Crippen LogP contribution in [0, 0.1) is 0 Å². The van der Waals surface area contributed by atoms with E-state index in [2.05, 4.69) is 50.4 Å². The number of amides is 1. The van der Waals surface area contributed by atoms with Gasteiger partial charge in [0.05, 0.1) is 25.2 Å². The first-order valence-corrected chi connectivity index (χ1v) is 25.7. The number of carbonyl (C=O) groups excluding carboxylic acids is 2. The number of aliphatic hydroxyl groups excluding tert-OH is 2. The fourth-order valence-corrected chi connectivity index (χ4v) is 7.51. The number of aliphatic hydroxyl groups is 2. The number of unbranched alkanes of at least 4 members (excludes halogenated alkanes) is 25. The molecule has 0 aliphatic carbocycles. The fraction of sp³-hybridized carbons (Fsp3) is 0.745. The summed E-state index contributed by atoms with van der Waals surface area (Å²) in [4.78, 5) is 26.1. The Morgan fingerprint density at radius 2 is 0.918 bits per heavy atom. The van der Waals surface area contributed by atoms with Crippen LogP contribution in [0.1, 0.15) is 239 Å². The first kappa shape index (κ1) is 58.3. The molecule has 0 aromatic heterocycles. The molecule has 3 N–H and O–H groups in total. The molecular formula is C55H97NO5. The number of hydrogen-bond donors (Lipinski definition) is 3. The number of hydrogen-bond acceptors (Lipinski definition) is 5. The van der Waals surface area contributed by atoms with Crippen molar-refractivity contribution in [3.8, 4) is 0 Å². The summed E-state index contributed by atoms with van der Waals surface area (Å²) in [7, 11) is 0. The van der Waals surface area contributed by atoms with Gasteiger partial charge in [0, 0.05) is 6.42 Å². The van der Waals surface area contributed by atoms with Crippen LogP contribution in [0.5, 0.6) is 0 Å². The number of esters is 1. The van der Waals surface area contributed by atoms with E-state index < -0.39 is 18.2 Å². The third kappa shape index (κ3) is 43.7. The van der Waals surface area contributed by atoms with Gasteiger partial charge < -0.3 is 20.3 Å². The van der Waals surface area contributed by atoms with Gasteiger partial charge in [0.25, 0.3) is 0 Å². The van der Waals surface area contributed by atoms with E-state index in [4.69, 9.17) is 4.74 Å². The molecule has 61 heavy (non-hydrogen) atoms. The second kappa shape index (κ2) is 48.3. The van der Waals surface area contributed by atoms with Crippen LogP contribution in [0.25, 0.3) is 0 Å². The highest BCUT2D eigenvalue weighted by molar-refractivity contribution is 5.77. The molecule has 0 spiro atoms. The average molecular weight is 852 g/mol. The lowest BCUT2D eigenvalue weighted by Gasteiger charge is -2.24. The molecule has 0 heterocycles. The van der Waals surface area contributed by atoms with Crippen LogP contribution >= 0.6 is 0 Å². The Morgan fingerprint density at radius 1 is 0.492 bits per heavy atom. The first-order chi connectivity index (χ1) is 30.0. The molecule has 0 aromatic carbocycles. The molecule has 352 valence electrons. The van der Waals surface area contributed by atoms with E-state index in [1.54, 1.807) is 0 Å². The second-order valence-electron chi connectivity index (χ2n) is 17.3. The average Bonchev–Trinajstić information content (AvgIpc) is 3.25. The molecular weight excluding hydrogens is 755 g/mol. The maximum absolute atomic E-state index is 13.2. The van der Waals surface area contributed by atoms with Crippen molar-refractivity contribution in [2.75, 3.05) is 6.61 Å². The minimum Gasteiger partial charge on any atom is -0.462 e.